The van der Waals surface area contributed by atoms with E-state index < -0.39 is 0 Å². The Bertz CT molecular complexity index is 610. The van der Waals surface area contributed by atoms with Crippen molar-refractivity contribution in [2.24, 2.45) is 12.8 Å². The van der Waals surface area contributed by atoms with Crippen molar-refractivity contribution >= 4 is 43.5 Å². The lowest BCUT2D eigenvalue weighted by Crippen LogP contribution is -2.16. The van der Waals surface area contributed by atoms with Gasteiger partial charge >= 0.3 is 0 Å². The third-order valence-electron chi connectivity index (χ3n) is 3.04. The molecule has 0 radical (unpaired) electrons. The Morgan fingerprint density at radius 3 is 2.63 bits per heavy atom. The summed E-state index contributed by atoms with van der Waals surface area (Å²) in [7, 11) is 1.89. The van der Waals surface area contributed by atoms with Crippen molar-refractivity contribution in [3.05, 3.63) is 49.1 Å². The van der Waals surface area contributed by atoms with Crippen LogP contribution in [-0.2, 0) is 13.5 Å². The lowest BCUT2D eigenvalue weighted by Gasteiger charge is -2.14. The number of rotatable bonds is 3. The number of benzene rings is 1. The number of aromatic nitrogens is 2. The molecule has 0 saturated carbocycles. The normalized spacial score (nSPS) is 12.7. The largest absolute Gasteiger partial charge is 0.324 e. The Kier molecular flexibility index (Phi) is 4.71. The second-order valence-electron chi connectivity index (χ2n) is 4.45. The van der Waals surface area contributed by atoms with E-state index in [0.717, 1.165) is 25.9 Å². The minimum atomic E-state index is -0.130. The van der Waals surface area contributed by atoms with Crippen LogP contribution < -0.4 is 5.73 Å². The van der Waals surface area contributed by atoms with E-state index in [9.17, 15) is 0 Å². The topological polar surface area (TPSA) is 43.8 Å². The summed E-state index contributed by atoms with van der Waals surface area (Å²) < 4.78 is 3.80. The highest BCUT2D eigenvalue weighted by Gasteiger charge is 2.17. The summed E-state index contributed by atoms with van der Waals surface area (Å²) in [6.07, 6.45) is 0.649. The summed E-state index contributed by atoms with van der Waals surface area (Å²) in [6, 6.07) is 5.85. The van der Waals surface area contributed by atoms with Gasteiger partial charge in [-0.1, -0.05) is 49.5 Å². The Balaban J connectivity index is 2.28. The molecular weight excluding hydrogens is 393 g/mol. The highest BCUT2D eigenvalue weighted by molar-refractivity contribution is 9.11. The lowest BCUT2D eigenvalue weighted by atomic mass is 10.0. The number of nitrogens with zero attached hydrogens (tertiary/aromatic N) is 2. The van der Waals surface area contributed by atoms with Gasteiger partial charge in [0.25, 0.3) is 0 Å². The molecule has 19 heavy (non-hydrogen) atoms. The summed E-state index contributed by atoms with van der Waals surface area (Å²) in [6.45, 7) is 1.90. The molecule has 2 aromatic rings. The zero-order chi connectivity index (χ0) is 14.2. The minimum absolute atomic E-state index is 0.130. The van der Waals surface area contributed by atoms with E-state index in [1.165, 1.54) is 0 Å². The summed E-state index contributed by atoms with van der Waals surface area (Å²) in [5.74, 6) is 0. The van der Waals surface area contributed by atoms with Gasteiger partial charge in [0.15, 0.2) is 0 Å². The van der Waals surface area contributed by atoms with Gasteiger partial charge in [0, 0.05) is 28.5 Å². The van der Waals surface area contributed by atoms with E-state index in [4.69, 9.17) is 17.3 Å². The van der Waals surface area contributed by atoms with Crippen LogP contribution in [-0.4, -0.2) is 9.78 Å². The molecule has 3 nitrogen and oxygen atoms in total. The fraction of sp³-hybridized carbons (Fsp3) is 0.308. The molecule has 1 atom stereocenters. The third-order valence-corrected chi connectivity index (χ3v) is 4.71. The van der Waals surface area contributed by atoms with Crippen LogP contribution >= 0.6 is 43.5 Å². The van der Waals surface area contributed by atoms with E-state index in [1.807, 2.05) is 32.2 Å². The fourth-order valence-electron chi connectivity index (χ4n) is 2.02. The summed E-state index contributed by atoms with van der Waals surface area (Å²) >= 11 is 13.2. The maximum absolute atomic E-state index is 6.28. The van der Waals surface area contributed by atoms with Crippen molar-refractivity contribution < 1.29 is 0 Å². The van der Waals surface area contributed by atoms with E-state index >= 15 is 0 Å². The SMILES string of the molecule is Cc1nn(C)c(CC(N)c2ccc(Br)cc2Br)c1Cl. The number of aryl methyl sites for hydroxylation is 2. The van der Waals surface area contributed by atoms with Gasteiger partial charge in [0.2, 0.25) is 0 Å². The van der Waals surface area contributed by atoms with Gasteiger partial charge in [-0.2, -0.15) is 5.10 Å². The lowest BCUT2D eigenvalue weighted by molar-refractivity contribution is 0.638. The summed E-state index contributed by atoms with van der Waals surface area (Å²) in [5.41, 5.74) is 9.13. The van der Waals surface area contributed by atoms with Gasteiger partial charge in [-0.15, -0.1) is 0 Å². The molecule has 0 spiro atoms. The quantitative estimate of drug-likeness (QED) is 0.831. The average molecular weight is 408 g/mol. The van der Waals surface area contributed by atoms with Gasteiger partial charge in [0.1, 0.15) is 0 Å². The minimum Gasteiger partial charge on any atom is -0.324 e. The number of hydrogen-bond acceptors (Lipinski definition) is 2. The van der Waals surface area contributed by atoms with Crippen molar-refractivity contribution in [3.8, 4) is 0 Å². The van der Waals surface area contributed by atoms with Crippen LogP contribution in [0.5, 0.6) is 0 Å². The first-order valence-corrected chi connectivity index (χ1v) is 7.75. The van der Waals surface area contributed by atoms with Crippen LogP contribution in [0.15, 0.2) is 27.1 Å². The Labute approximate surface area is 134 Å². The van der Waals surface area contributed by atoms with Crippen LogP contribution in [0.1, 0.15) is 23.0 Å². The second kappa shape index (κ2) is 5.95. The number of hydrogen-bond donors (Lipinski definition) is 1. The molecule has 2 N–H and O–H groups in total. The van der Waals surface area contributed by atoms with Crippen LogP contribution in [0.3, 0.4) is 0 Å². The molecular formula is C13H14Br2ClN3. The molecule has 0 amide bonds. The van der Waals surface area contributed by atoms with E-state index in [2.05, 4.69) is 37.0 Å². The molecule has 0 aliphatic carbocycles. The smallest absolute Gasteiger partial charge is 0.0847 e. The maximum Gasteiger partial charge on any atom is 0.0847 e. The Hall–Kier alpha value is -0.360. The monoisotopic (exact) mass is 405 g/mol. The zero-order valence-electron chi connectivity index (χ0n) is 10.6. The molecule has 2 rings (SSSR count). The van der Waals surface area contributed by atoms with Crippen molar-refractivity contribution in [2.75, 3.05) is 0 Å². The molecule has 0 aliphatic rings. The first-order chi connectivity index (χ1) is 8.90. The van der Waals surface area contributed by atoms with Crippen molar-refractivity contribution in [1.29, 1.82) is 0 Å². The fourth-order valence-corrected chi connectivity index (χ4v) is 3.60. The molecule has 0 fully saturated rings. The van der Waals surface area contributed by atoms with Gasteiger partial charge < -0.3 is 5.73 Å². The van der Waals surface area contributed by atoms with Crippen LogP contribution in [0.25, 0.3) is 0 Å². The molecule has 102 valence electrons. The first-order valence-electron chi connectivity index (χ1n) is 5.78. The Morgan fingerprint density at radius 2 is 2.11 bits per heavy atom. The summed E-state index contributed by atoms with van der Waals surface area (Å²) in [4.78, 5) is 0. The van der Waals surface area contributed by atoms with E-state index in [-0.39, 0.29) is 6.04 Å². The zero-order valence-corrected chi connectivity index (χ0v) is 14.6. The molecule has 0 bridgehead atoms. The second-order valence-corrected chi connectivity index (χ2v) is 6.59. The van der Waals surface area contributed by atoms with Gasteiger partial charge in [-0.05, 0) is 24.6 Å². The number of halogens is 3. The molecule has 1 aromatic carbocycles. The molecule has 1 heterocycles. The van der Waals surface area contributed by atoms with Gasteiger partial charge in [-0.25, -0.2) is 0 Å². The van der Waals surface area contributed by atoms with Gasteiger partial charge in [-0.3, -0.25) is 4.68 Å². The molecule has 1 unspecified atom stereocenters. The molecule has 0 aliphatic heterocycles. The average Bonchev–Trinajstić information content (AvgIpc) is 2.56. The van der Waals surface area contributed by atoms with E-state index in [0.29, 0.717) is 11.4 Å². The highest BCUT2D eigenvalue weighted by atomic mass is 79.9. The third kappa shape index (κ3) is 3.21. The van der Waals surface area contributed by atoms with Crippen molar-refractivity contribution in [3.63, 3.8) is 0 Å². The molecule has 6 heteroatoms. The highest BCUT2D eigenvalue weighted by Crippen LogP contribution is 2.29. The van der Waals surface area contributed by atoms with Crippen LogP contribution in [0.2, 0.25) is 5.02 Å². The predicted octanol–water partition coefficient (Wildman–Crippen LogP) is 4.15. The van der Waals surface area contributed by atoms with Crippen molar-refractivity contribution in [2.45, 2.75) is 19.4 Å². The van der Waals surface area contributed by atoms with E-state index in [1.54, 1.807) is 4.68 Å². The maximum atomic E-state index is 6.28. The predicted molar refractivity (Wildman–Crippen MR) is 85.4 cm³/mol. The molecule has 1 aromatic heterocycles. The van der Waals surface area contributed by atoms with Gasteiger partial charge in [0.05, 0.1) is 16.4 Å². The Morgan fingerprint density at radius 1 is 1.42 bits per heavy atom. The standard InChI is InChI=1S/C13H14Br2ClN3/c1-7-13(16)12(19(2)18-7)6-11(17)9-4-3-8(14)5-10(9)15/h3-5,11H,6,17H2,1-2H3. The van der Waals surface area contributed by atoms with Crippen LogP contribution in [0.4, 0.5) is 0 Å². The van der Waals surface area contributed by atoms with Crippen molar-refractivity contribution in [1.82, 2.24) is 9.78 Å². The summed E-state index contributed by atoms with van der Waals surface area (Å²) in [5, 5.41) is 5.00. The number of nitrogens with two attached hydrogens (primary N) is 1. The molecule has 0 saturated heterocycles. The van der Waals surface area contributed by atoms with Crippen LogP contribution in [0, 0.1) is 6.92 Å². The first kappa shape index (κ1) is 15.0.